The number of allylic oxidation sites excluding steroid dienone is 2. The molecular weight excluding hydrogens is 332 g/mol. The highest BCUT2D eigenvalue weighted by atomic mass is 16.2. The SMILES string of the molecule is C=O.CC.CC1=CNNC(C(=O)N2CCN(C)CC2)=C1.CC1CC1.CO. The topological polar surface area (TPSA) is 84.9 Å². The van der Waals surface area contributed by atoms with Crippen molar-refractivity contribution in [2.45, 2.75) is 40.5 Å². The van der Waals surface area contributed by atoms with Gasteiger partial charge in [0.1, 0.15) is 12.5 Å². The summed E-state index contributed by atoms with van der Waals surface area (Å²) in [5.74, 6) is 1.16. The zero-order chi connectivity index (χ0) is 20.5. The lowest BCUT2D eigenvalue weighted by atomic mass is 10.2. The molecule has 0 radical (unpaired) electrons. The van der Waals surface area contributed by atoms with Gasteiger partial charge in [-0.15, -0.1) is 0 Å². The van der Waals surface area contributed by atoms with Crippen LogP contribution in [0.2, 0.25) is 0 Å². The van der Waals surface area contributed by atoms with Crippen molar-refractivity contribution in [3.8, 4) is 0 Å². The van der Waals surface area contributed by atoms with Crippen molar-refractivity contribution in [1.82, 2.24) is 20.7 Å². The number of likely N-dealkylation sites (N-methyl/N-ethyl adjacent to an activating group) is 1. The quantitative estimate of drug-likeness (QED) is 0.649. The number of aliphatic hydroxyl groups is 1. The monoisotopic (exact) mass is 370 g/mol. The van der Waals surface area contributed by atoms with Crippen molar-refractivity contribution in [3.63, 3.8) is 0 Å². The van der Waals surface area contributed by atoms with Crippen LogP contribution in [0.4, 0.5) is 0 Å². The largest absolute Gasteiger partial charge is 0.400 e. The summed E-state index contributed by atoms with van der Waals surface area (Å²) in [6.45, 7) is 13.7. The predicted molar refractivity (Wildman–Crippen MR) is 107 cm³/mol. The Kier molecular flexibility index (Phi) is 16.8. The van der Waals surface area contributed by atoms with E-state index in [2.05, 4.69) is 29.7 Å². The molecule has 0 aromatic rings. The average molecular weight is 371 g/mol. The Morgan fingerprint density at radius 1 is 1.15 bits per heavy atom. The standard InChI is InChI=1S/C11H18N4O.C4H8.C2H6.CH4O.CH2O/c1-9-7-10(13-12-8-9)11(16)15-5-3-14(2)4-6-15;1-4-2-3-4;3*1-2/h7-8,12-13H,3-6H2,1-2H3;4H,2-3H2,1H3;1-2H3;2H,1H3;1H2. The van der Waals surface area contributed by atoms with Gasteiger partial charge in [0, 0.05) is 39.5 Å². The summed E-state index contributed by atoms with van der Waals surface area (Å²) in [5, 5.41) is 7.00. The normalized spacial score (nSPS) is 18.0. The first-order valence-corrected chi connectivity index (χ1v) is 9.17. The van der Waals surface area contributed by atoms with E-state index in [1.165, 1.54) is 12.8 Å². The molecule has 1 saturated heterocycles. The van der Waals surface area contributed by atoms with E-state index in [0.717, 1.165) is 44.8 Å². The summed E-state index contributed by atoms with van der Waals surface area (Å²) in [5.41, 5.74) is 7.44. The molecule has 7 heteroatoms. The molecule has 0 aromatic carbocycles. The fraction of sp³-hybridized carbons (Fsp3) is 0.684. The number of nitrogens with zero attached hydrogens (tertiary/aromatic N) is 2. The number of piperazine rings is 1. The van der Waals surface area contributed by atoms with Gasteiger partial charge in [-0.05, 0) is 31.5 Å². The van der Waals surface area contributed by atoms with Crippen LogP contribution in [0.25, 0.3) is 0 Å². The van der Waals surface area contributed by atoms with Crippen LogP contribution in [0.3, 0.4) is 0 Å². The molecule has 7 nitrogen and oxygen atoms in total. The van der Waals surface area contributed by atoms with Crippen LogP contribution in [0, 0.1) is 5.92 Å². The van der Waals surface area contributed by atoms with Gasteiger partial charge in [-0.3, -0.25) is 10.2 Å². The minimum absolute atomic E-state index is 0.0769. The van der Waals surface area contributed by atoms with Gasteiger partial charge in [0.15, 0.2) is 0 Å². The van der Waals surface area contributed by atoms with Crippen LogP contribution in [0.15, 0.2) is 23.5 Å². The Morgan fingerprint density at radius 2 is 1.62 bits per heavy atom. The molecule has 0 atom stereocenters. The van der Waals surface area contributed by atoms with Crippen molar-refractivity contribution >= 4 is 12.7 Å². The number of hydrogen-bond donors (Lipinski definition) is 3. The fourth-order valence-electron chi connectivity index (χ4n) is 1.99. The first-order valence-electron chi connectivity index (χ1n) is 9.17. The number of amides is 1. The molecule has 1 amide bonds. The number of rotatable bonds is 1. The van der Waals surface area contributed by atoms with E-state index in [1.807, 2.05) is 44.7 Å². The van der Waals surface area contributed by atoms with E-state index >= 15 is 0 Å². The number of hydrazine groups is 1. The van der Waals surface area contributed by atoms with E-state index in [4.69, 9.17) is 9.90 Å². The van der Waals surface area contributed by atoms with Crippen molar-refractivity contribution in [2.75, 3.05) is 40.3 Å². The van der Waals surface area contributed by atoms with Crippen LogP contribution in [-0.4, -0.2) is 67.9 Å². The molecule has 2 heterocycles. The smallest absolute Gasteiger partial charge is 0.271 e. The summed E-state index contributed by atoms with van der Waals surface area (Å²) in [6, 6.07) is 0. The minimum atomic E-state index is 0.0769. The van der Waals surface area contributed by atoms with Gasteiger partial charge in [0.05, 0.1) is 0 Å². The van der Waals surface area contributed by atoms with Gasteiger partial charge in [0.25, 0.3) is 5.91 Å². The lowest BCUT2D eigenvalue weighted by molar-refractivity contribution is -0.129. The molecule has 1 aliphatic carbocycles. The maximum atomic E-state index is 12.1. The maximum absolute atomic E-state index is 12.1. The second-order valence-corrected chi connectivity index (χ2v) is 5.99. The highest BCUT2D eigenvalue weighted by Gasteiger charge is 2.22. The lowest BCUT2D eigenvalue weighted by Gasteiger charge is -2.33. The molecule has 0 aromatic heterocycles. The van der Waals surface area contributed by atoms with Gasteiger partial charge >= 0.3 is 0 Å². The van der Waals surface area contributed by atoms with Gasteiger partial charge in [-0.1, -0.05) is 33.6 Å². The Morgan fingerprint density at radius 3 is 2.00 bits per heavy atom. The van der Waals surface area contributed by atoms with Crippen molar-refractivity contribution in [3.05, 3.63) is 23.5 Å². The molecule has 3 aliphatic rings. The van der Waals surface area contributed by atoms with E-state index in [9.17, 15) is 4.79 Å². The highest BCUT2D eigenvalue weighted by molar-refractivity contribution is 5.93. The molecule has 26 heavy (non-hydrogen) atoms. The molecule has 1 saturated carbocycles. The average Bonchev–Trinajstić information content (AvgIpc) is 3.49. The third-order valence-corrected chi connectivity index (χ3v) is 3.77. The van der Waals surface area contributed by atoms with Crippen LogP contribution >= 0.6 is 0 Å². The van der Waals surface area contributed by atoms with Crippen molar-refractivity contribution < 1.29 is 14.7 Å². The van der Waals surface area contributed by atoms with Crippen LogP contribution in [0.1, 0.15) is 40.5 Å². The molecule has 2 aliphatic heterocycles. The second-order valence-electron chi connectivity index (χ2n) is 5.99. The summed E-state index contributed by atoms with van der Waals surface area (Å²) in [6.07, 6.45) is 6.68. The first-order chi connectivity index (χ1) is 12.6. The van der Waals surface area contributed by atoms with Gasteiger partial charge in [-0.25, -0.2) is 0 Å². The number of aliphatic hydroxyl groups excluding tert-OH is 1. The Hall–Kier alpha value is -1.86. The molecule has 152 valence electrons. The van der Waals surface area contributed by atoms with E-state index < -0.39 is 0 Å². The Labute approximate surface area is 159 Å². The summed E-state index contributed by atoms with van der Waals surface area (Å²) >= 11 is 0. The highest BCUT2D eigenvalue weighted by Crippen LogP contribution is 2.26. The van der Waals surface area contributed by atoms with Crippen LogP contribution in [-0.2, 0) is 9.59 Å². The second kappa shape index (κ2) is 16.6. The van der Waals surface area contributed by atoms with Gasteiger partial charge in [-0.2, -0.15) is 0 Å². The molecule has 0 spiro atoms. The third-order valence-electron chi connectivity index (χ3n) is 3.77. The summed E-state index contributed by atoms with van der Waals surface area (Å²) in [7, 11) is 3.08. The molecular formula is C19H38N4O3. The maximum Gasteiger partial charge on any atom is 0.271 e. The molecule has 3 rings (SSSR count). The van der Waals surface area contributed by atoms with Crippen LogP contribution in [0.5, 0.6) is 0 Å². The van der Waals surface area contributed by atoms with E-state index in [0.29, 0.717) is 5.70 Å². The van der Waals surface area contributed by atoms with Crippen molar-refractivity contribution in [2.24, 2.45) is 5.92 Å². The zero-order valence-corrected chi connectivity index (χ0v) is 17.3. The van der Waals surface area contributed by atoms with Gasteiger partial charge in [0.2, 0.25) is 0 Å². The van der Waals surface area contributed by atoms with Crippen LogP contribution < -0.4 is 10.9 Å². The predicted octanol–water partition coefficient (Wildman–Crippen LogP) is 1.52. The Balaban J connectivity index is 0. The summed E-state index contributed by atoms with van der Waals surface area (Å²) in [4.78, 5) is 24.2. The molecule has 2 fully saturated rings. The molecule has 0 unspecified atom stereocenters. The number of nitrogens with one attached hydrogen (secondary N) is 2. The molecule has 0 bridgehead atoms. The molecule has 3 N–H and O–H groups in total. The Bertz CT molecular complexity index is 427. The van der Waals surface area contributed by atoms with E-state index in [-0.39, 0.29) is 5.91 Å². The summed E-state index contributed by atoms with van der Waals surface area (Å²) < 4.78 is 0. The number of carbonyl (C=O) groups excluding carboxylic acids is 2. The third kappa shape index (κ3) is 11.7. The first kappa shape index (κ1) is 26.4. The zero-order valence-electron chi connectivity index (χ0n) is 17.3. The lowest BCUT2D eigenvalue weighted by Crippen LogP contribution is -2.50. The van der Waals surface area contributed by atoms with Gasteiger partial charge < -0.3 is 25.1 Å². The fourth-order valence-corrected chi connectivity index (χ4v) is 1.99. The van der Waals surface area contributed by atoms with E-state index in [1.54, 1.807) is 0 Å². The minimum Gasteiger partial charge on any atom is -0.400 e. The van der Waals surface area contributed by atoms with Crippen molar-refractivity contribution in [1.29, 1.82) is 0 Å². The number of hydrogen-bond acceptors (Lipinski definition) is 6. The number of carbonyl (C=O) groups is 2.